The van der Waals surface area contributed by atoms with E-state index in [1.807, 2.05) is 12.1 Å². The Morgan fingerprint density at radius 2 is 1.95 bits per heavy atom. The predicted molar refractivity (Wildman–Crippen MR) is 90.6 cm³/mol. The van der Waals surface area contributed by atoms with E-state index in [-0.39, 0.29) is 0 Å². The molecule has 0 amide bonds. The van der Waals surface area contributed by atoms with Crippen molar-refractivity contribution in [3.05, 3.63) is 29.3 Å². The van der Waals surface area contributed by atoms with Crippen LogP contribution in [0.4, 0.5) is 0 Å². The highest BCUT2D eigenvalue weighted by Crippen LogP contribution is 2.17. The minimum absolute atomic E-state index is 0.353. The smallest absolute Gasteiger partial charge is 0.119 e. The second kappa shape index (κ2) is 7.95. The molecule has 0 aromatic heterocycles. The summed E-state index contributed by atoms with van der Waals surface area (Å²) in [5, 5.41) is 10.2. The fraction of sp³-hybridized carbons (Fsp3) is 0.667. The zero-order valence-electron chi connectivity index (χ0n) is 14.4. The van der Waals surface area contributed by atoms with Gasteiger partial charge in [0.2, 0.25) is 0 Å². The number of aliphatic hydroxyl groups excluding tert-OH is 1. The Kier molecular flexibility index (Phi) is 6.24. The molecule has 0 spiro atoms. The summed E-state index contributed by atoms with van der Waals surface area (Å²) in [4.78, 5) is 4.63. The number of hydrogen-bond donors (Lipinski definition) is 1. The van der Waals surface area contributed by atoms with E-state index in [0.717, 1.165) is 18.8 Å². The van der Waals surface area contributed by atoms with E-state index in [1.54, 1.807) is 0 Å². The van der Waals surface area contributed by atoms with Gasteiger partial charge in [0, 0.05) is 19.1 Å². The largest absolute Gasteiger partial charge is 0.491 e. The van der Waals surface area contributed by atoms with Gasteiger partial charge in [0.25, 0.3) is 0 Å². The molecule has 1 aliphatic heterocycles. The summed E-state index contributed by atoms with van der Waals surface area (Å²) >= 11 is 0. The summed E-state index contributed by atoms with van der Waals surface area (Å²) in [6.07, 6.45) is 2.01. The van der Waals surface area contributed by atoms with Crippen molar-refractivity contribution in [2.24, 2.45) is 0 Å². The molecule has 0 saturated carbocycles. The number of β-amino-alcohol motifs (C(OH)–C–C–N with tert-alkyl or cyclic N) is 1. The Balaban J connectivity index is 1.78. The van der Waals surface area contributed by atoms with Crippen LogP contribution in [0, 0.1) is 13.8 Å². The van der Waals surface area contributed by atoms with E-state index in [4.69, 9.17) is 4.74 Å². The first-order valence-corrected chi connectivity index (χ1v) is 8.22. The molecule has 22 heavy (non-hydrogen) atoms. The number of likely N-dealkylation sites (N-methyl/N-ethyl adjacent to an activating group) is 1. The van der Waals surface area contributed by atoms with Crippen LogP contribution in [0.15, 0.2) is 18.2 Å². The van der Waals surface area contributed by atoms with Crippen molar-refractivity contribution >= 4 is 0 Å². The van der Waals surface area contributed by atoms with Crippen LogP contribution in [-0.2, 0) is 0 Å². The number of piperidine rings is 1. The fourth-order valence-corrected chi connectivity index (χ4v) is 3.18. The Morgan fingerprint density at radius 3 is 2.59 bits per heavy atom. The molecule has 124 valence electrons. The van der Waals surface area contributed by atoms with Gasteiger partial charge < -0.3 is 14.7 Å². The molecule has 1 saturated heterocycles. The molecule has 0 aliphatic carbocycles. The van der Waals surface area contributed by atoms with Gasteiger partial charge in [-0.15, -0.1) is 0 Å². The third kappa shape index (κ3) is 5.27. The van der Waals surface area contributed by atoms with Crippen molar-refractivity contribution in [1.29, 1.82) is 0 Å². The lowest BCUT2D eigenvalue weighted by Crippen LogP contribution is -2.48. The van der Waals surface area contributed by atoms with Crippen molar-refractivity contribution in [3.63, 3.8) is 0 Å². The third-order valence-electron chi connectivity index (χ3n) is 4.32. The summed E-state index contributed by atoms with van der Waals surface area (Å²) in [7, 11) is 4.27. The van der Waals surface area contributed by atoms with Gasteiger partial charge in [0.15, 0.2) is 0 Å². The van der Waals surface area contributed by atoms with E-state index in [1.165, 1.54) is 24.0 Å². The van der Waals surface area contributed by atoms with Crippen LogP contribution in [-0.4, -0.2) is 67.4 Å². The van der Waals surface area contributed by atoms with Crippen molar-refractivity contribution in [2.45, 2.75) is 38.8 Å². The first-order chi connectivity index (χ1) is 10.4. The number of aliphatic hydroxyl groups is 1. The van der Waals surface area contributed by atoms with Gasteiger partial charge in [-0.2, -0.15) is 0 Å². The lowest BCUT2D eigenvalue weighted by atomic mass is 10.0. The summed E-state index contributed by atoms with van der Waals surface area (Å²) < 4.78 is 5.76. The molecule has 2 unspecified atom stereocenters. The highest BCUT2D eigenvalue weighted by atomic mass is 16.5. The van der Waals surface area contributed by atoms with E-state index in [0.29, 0.717) is 19.2 Å². The third-order valence-corrected chi connectivity index (χ3v) is 4.32. The molecule has 4 nitrogen and oxygen atoms in total. The highest BCUT2D eigenvalue weighted by molar-refractivity contribution is 5.32. The first kappa shape index (κ1) is 17.3. The van der Waals surface area contributed by atoms with Gasteiger partial charge in [-0.1, -0.05) is 6.07 Å². The predicted octanol–water partition coefficient (Wildman–Crippen LogP) is 2.07. The van der Waals surface area contributed by atoms with Gasteiger partial charge >= 0.3 is 0 Å². The second-order valence-electron chi connectivity index (χ2n) is 6.81. The summed E-state index contributed by atoms with van der Waals surface area (Å²) in [5.41, 5.74) is 2.38. The molecule has 0 bridgehead atoms. The van der Waals surface area contributed by atoms with Crippen molar-refractivity contribution in [2.75, 3.05) is 40.3 Å². The Hall–Kier alpha value is -1.10. The molecule has 2 rings (SSSR count). The minimum atomic E-state index is -0.443. The quantitative estimate of drug-likeness (QED) is 0.873. The molecule has 4 heteroatoms. The summed E-state index contributed by atoms with van der Waals surface area (Å²) in [6.45, 7) is 7.27. The molecule has 1 fully saturated rings. The number of nitrogens with zero attached hydrogens (tertiary/aromatic N) is 2. The minimum Gasteiger partial charge on any atom is -0.491 e. The molecule has 0 radical (unpaired) electrons. The topological polar surface area (TPSA) is 35.9 Å². The Bertz CT molecular complexity index is 456. The first-order valence-electron chi connectivity index (χ1n) is 8.22. The van der Waals surface area contributed by atoms with Crippen LogP contribution in [0.3, 0.4) is 0 Å². The number of hydrogen-bond acceptors (Lipinski definition) is 4. The normalized spacial score (nSPS) is 21.1. The van der Waals surface area contributed by atoms with Crippen molar-refractivity contribution in [1.82, 2.24) is 9.80 Å². The van der Waals surface area contributed by atoms with Crippen molar-refractivity contribution < 1.29 is 9.84 Å². The molecule has 1 aliphatic rings. The maximum atomic E-state index is 10.2. The number of likely N-dealkylation sites (tertiary alicyclic amines) is 1. The number of benzene rings is 1. The Morgan fingerprint density at radius 1 is 1.27 bits per heavy atom. The average Bonchev–Trinajstić information content (AvgIpc) is 2.44. The highest BCUT2D eigenvalue weighted by Gasteiger charge is 2.23. The van der Waals surface area contributed by atoms with Gasteiger partial charge in [-0.05, 0) is 70.6 Å². The van der Waals surface area contributed by atoms with Crippen LogP contribution in [0.2, 0.25) is 0 Å². The summed E-state index contributed by atoms with van der Waals surface area (Å²) in [5.74, 6) is 0.848. The molecule has 2 atom stereocenters. The number of rotatable bonds is 6. The van der Waals surface area contributed by atoms with E-state index < -0.39 is 6.10 Å². The molecule has 1 heterocycles. The van der Waals surface area contributed by atoms with Crippen LogP contribution in [0.5, 0.6) is 5.75 Å². The molecular formula is C18H30N2O2. The van der Waals surface area contributed by atoms with Crippen LogP contribution in [0.25, 0.3) is 0 Å². The van der Waals surface area contributed by atoms with Crippen LogP contribution in [0.1, 0.15) is 24.0 Å². The maximum Gasteiger partial charge on any atom is 0.119 e. The monoisotopic (exact) mass is 306 g/mol. The molecular weight excluding hydrogens is 276 g/mol. The van der Waals surface area contributed by atoms with Crippen LogP contribution >= 0.6 is 0 Å². The number of aryl methyl sites for hydroxylation is 2. The molecule has 1 aromatic rings. The standard InChI is InChI=1S/C18H30N2O2/c1-14-8-15(2)10-18(9-14)22-13-17(21)12-20-7-5-6-16(11-20)19(3)4/h8-10,16-17,21H,5-7,11-13H2,1-4H3. The second-order valence-corrected chi connectivity index (χ2v) is 6.81. The lowest BCUT2D eigenvalue weighted by molar-refractivity contribution is 0.0455. The SMILES string of the molecule is Cc1cc(C)cc(OCC(O)CN2CCCC(N(C)C)C2)c1. The zero-order chi connectivity index (χ0) is 16.1. The van der Waals surface area contributed by atoms with Gasteiger partial charge in [-0.3, -0.25) is 4.90 Å². The van der Waals surface area contributed by atoms with Crippen molar-refractivity contribution in [3.8, 4) is 5.75 Å². The lowest BCUT2D eigenvalue weighted by Gasteiger charge is -2.36. The fourth-order valence-electron chi connectivity index (χ4n) is 3.18. The van der Waals surface area contributed by atoms with Gasteiger partial charge in [0.1, 0.15) is 18.5 Å². The maximum absolute atomic E-state index is 10.2. The van der Waals surface area contributed by atoms with Gasteiger partial charge in [0.05, 0.1) is 0 Å². The average molecular weight is 306 g/mol. The zero-order valence-corrected chi connectivity index (χ0v) is 14.4. The Labute approximate surface area is 134 Å². The molecule has 1 aromatic carbocycles. The van der Waals surface area contributed by atoms with Gasteiger partial charge in [-0.25, -0.2) is 0 Å². The van der Waals surface area contributed by atoms with E-state index in [9.17, 15) is 5.11 Å². The van der Waals surface area contributed by atoms with Crippen LogP contribution < -0.4 is 4.74 Å². The number of ether oxygens (including phenoxy) is 1. The van der Waals surface area contributed by atoms with E-state index in [2.05, 4.69) is 43.8 Å². The van der Waals surface area contributed by atoms with E-state index >= 15 is 0 Å². The molecule has 1 N–H and O–H groups in total. The summed E-state index contributed by atoms with van der Waals surface area (Å²) in [6, 6.07) is 6.75.